The minimum atomic E-state index is -0.878. The molecule has 0 radical (unpaired) electrons. The highest BCUT2D eigenvalue weighted by Crippen LogP contribution is 2.33. The van der Waals surface area contributed by atoms with Crippen LogP contribution in [-0.4, -0.2) is 40.0 Å². The first-order valence-corrected chi connectivity index (χ1v) is 8.39. The number of carbonyl (C=O) groups is 2. The lowest BCUT2D eigenvalue weighted by Gasteiger charge is -2.19. The molecule has 1 aromatic heterocycles. The first-order chi connectivity index (χ1) is 10.9. The van der Waals surface area contributed by atoms with Crippen LogP contribution in [-0.2, 0) is 4.79 Å². The number of carbonyl (C=O) groups excluding carboxylic acids is 1. The molecular formula is C16H15ClN2O3S. The van der Waals surface area contributed by atoms with Gasteiger partial charge >= 0.3 is 5.97 Å². The summed E-state index contributed by atoms with van der Waals surface area (Å²) >= 11 is 7.50. The molecule has 120 valence electrons. The fourth-order valence-corrected chi connectivity index (χ4v) is 3.72. The predicted molar refractivity (Wildman–Crippen MR) is 88.8 cm³/mol. The summed E-state index contributed by atoms with van der Waals surface area (Å²) in [6.07, 6.45) is 0.454. The number of benzene rings is 1. The van der Waals surface area contributed by atoms with Crippen molar-refractivity contribution in [3.05, 3.63) is 40.4 Å². The molecule has 5 nitrogen and oxygen atoms in total. The fraction of sp³-hybridized carbons (Fsp3) is 0.312. The Morgan fingerprint density at radius 3 is 2.78 bits per heavy atom. The Kier molecular flexibility index (Phi) is 4.12. The number of aromatic nitrogens is 1. The fourth-order valence-electron chi connectivity index (χ4n) is 2.60. The Labute approximate surface area is 142 Å². The molecule has 0 aliphatic carbocycles. The van der Waals surface area contributed by atoms with Gasteiger partial charge in [0, 0.05) is 24.0 Å². The molecule has 1 N–H and O–H groups in total. The summed E-state index contributed by atoms with van der Waals surface area (Å²) in [4.78, 5) is 29.7. The molecule has 7 heteroatoms. The molecule has 2 aromatic rings. The molecular weight excluding hydrogens is 336 g/mol. The summed E-state index contributed by atoms with van der Waals surface area (Å²) < 4.78 is 0. The van der Waals surface area contributed by atoms with Crippen molar-refractivity contribution >= 4 is 34.8 Å². The molecule has 1 amide bonds. The molecule has 1 saturated heterocycles. The molecule has 0 spiro atoms. The first-order valence-electron chi connectivity index (χ1n) is 7.14. The highest BCUT2D eigenvalue weighted by Gasteiger charge is 2.42. The molecule has 0 bridgehead atoms. The molecule has 1 fully saturated rings. The zero-order valence-electron chi connectivity index (χ0n) is 12.5. The Bertz CT molecular complexity index is 776. The van der Waals surface area contributed by atoms with Crippen LogP contribution < -0.4 is 0 Å². The van der Waals surface area contributed by atoms with Crippen LogP contribution in [0.4, 0.5) is 0 Å². The Morgan fingerprint density at radius 2 is 2.13 bits per heavy atom. The average Bonchev–Trinajstić information content (AvgIpc) is 3.15. The van der Waals surface area contributed by atoms with Crippen molar-refractivity contribution in [2.75, 3.05) is 13.1 Å². The number of halogens is 1. The van der Waals surface area contributed by atoms with E-state index >= 15 is 0 Å². The second-order valence-electron chi connectivity index (χ2n) is 5.86. The Morgan fingerprint density at radius 1 is 1.39 bits per heavy atom. The summed E-state index contributed by atoms with van der Waals surface area (Å²) in [6.45, 7) is 2.31. The number of thiazole rings is 1. The summed E-state index contributed by atoms with van der Waals surface area (Å²) in [5.74, 6) is -1.10. The smallest absolute Gasteiger partial charge is 0.311 e. The number of amides is 1. The molecule has 1 atom stereocenters. The Balaban J connectivity index is 1.80. The summed E-state index contributed by atoms with van der Waals surface area (Å²) in [5, 5.41) is 12.2. The summed E-state index contributed by atoms with van der Waals surface area (Å²) in [6, 6.07) is 7.33. The van der Waals surface area contributed by atoms with Gasteiger partial charge in [0.1, 0.15) is 10.7 Å². The number of likely N-dealkylation sites (tertiary alicyclic amines) is 1. The number of carboxylic acid groups (broad SMARTS) is 1. The van der Waals surface area contributed by atoms with Crippen LogP contribution in [0.3, 0.4) is 0 Å². The van der Waals surface area contributed by atoms with Crippen molar-refractivity contribution < 1.29 is 14.7 Å². The average molecular weight is 351 g/mol. The van der Waals surface area contributed by atoms with Gasteiger partial charge in [-0.05, 0) is 19.4 Å². The van der Waals surface area contributed by atoms with E-state index in [0.717, 1.165) is 5.56 Å². The third-order valence-electron chi connectivity index (χ3n) is 4.10. The van der Waals surface area contributed by atoms with Gasteiger partial charge in [-0.25, -0.2) is 4.98 Å². The van der Waals surface area contributed by atoms with Crippen molar-refractivity contribution in [1.82, 2.24) is 9.88 Å². The standard InChI is InChI=1S/C16H15ClN2O3S/c1-16(15(21)22)6-7-19(9-16)14(20)12-8-23-13(18-12)10-4-2-3-5-11(10)17/h2-5,8H,6-7,9H2,1H3,(H,21,22). The number of hydrogen-bond donors (Lipinski definition) is 1. The van der Waals surface area contributed by atoms with E-state index in [1.165, 1.54) is 11.3 Å². The predicted octanol–water partition coefficient (Wildman–Crippen LogP) is 3.40. The van der Waals surface area contributed by atoms with Gasteiger partial charge in [0.25, 0.3) is 5.91 Å². The normalized spacial score (nSPS) is 20.7. The van der Waals surface area contributed by atoms with Crippen LogP contribution in [0.2, 0.25) is 5.02 Å². The minimum Gasteiger partial charge on any atom is -0.481 e. The van der Waals surface area contributed by atoms with Crippen molar-refractivity contribution in [1.29, 1.82) is 0 Å². The van der Waals surface area contributed by atoms with Gasteiger partial charge in [0.2, 0.25) is 0 Å². The van der Waals surface area contributed by atoms with E-state index in [4.69, 9.17) is 11.6 Å². The minimum absolute atomic E-state index is 0.208. The zero-order chi connectivity index (χ0) is 16.6. The SMILES string of the molecule is CC1(C(=O)O)CCN(C(=O)c2csc(-c3ccccc3Cl)n2)C1. The van der Waals surface area contributed by atoms with E-state index in [9.17, 15) is 14.7 Å². The van der Waals surface area contributed by atoms with Crippen LogP contribution in [0, 0.1) is 5.41 Å². The van der Waals surface area contributed by atoms with Crippen LogP contribution in [0.5, 0.6) is 0 Å². The lowest BCUT2D eigenvalue weighted by molar-refractivity contribution is -0.147. The van der Waals surface area contributed by atoms with Gasteiger partial charge < -0.3 is 10.0 Å². The van der Waals surface area contributed by atoms with Gasteiger partial charge in [-0.15, -0.1) is 11.3 Å². The molecule has 1 aliphatic heterocycles. The molecule has 3 rings (SSSR count). The number of nitrogens with zero attached hydrogens (tertiary/aromatic N) is 2. The van der Waals surface area contributed by atoms with Gasteiger partial charge in [-0.1, -0.05) is 29.8 Å². The van der Waals surface area contributed by atoms with E-state index in [0.29, 0.717) is 28.7 Å². The van der Waals surface area contributed by atoms with E-state index in [-0.39, 0.29) is 12.5 Å². The van der Waals surface area contributed by atoms with Crippen LogP contribution in [0.15, 0.2) is 29.6 Å². The maximum absolute atomic E-state index is 12.5. The second kappa shape index (κ2) is 5.94. The summed E-state index contributed by atoms with van der Waals surface area (Å²) in [5.41, 5.74) is 0.242. The molecule has 1 unspecified atom stereocenters. The number of hydrogen-bond acceptors (Lipinski definition) is 4. The zero-order valence-corrected chi connectivity index (χ0v) is 14.0. The number of rotatable bonds is 3. The van der Waals surface area contributed by atoms with Gasteiger partial charge in [-0.2, -0.15) is 0 Å². The maximum Gasteiger partial charge on any atom is 0.311 e. The molecule has 1 aromatic carbocycles. The van der Waals surface area contributed by atoms with Crippen LogP contribution >= 0.6 is 22.9 Å². The lowest BCUT2D eigenvalue weighted by atomic mass is 9.90. The molecule has 1 aliphatic rings. The van der Waals surface area contributed by atoms with Gasteiger partial charge in [-0.3, -0.25) is 9.59 Å². The highest BCUT2D eigenvalue weighted by atomic mass is 35.5. The second-order valence-corrected chi connectivity index (χ2v) is 7.13. The van der Waals surface area contributed by atoms with E-state index < -0.39 is 11.4 Å². The van der Waals surface area contributed by atoms with Crippen molar-refractivity contribution in [2.24, 2.45) is 5.41 Å². The molecule has 23 heavy (non-hydrogen) atoms. The van der Waals surface area contributed by atoms with Gasteiger partial charge in [0.05, 0.1) is 10.4 Å². The van der Waals surface area contributed by atoms with Crippen LogP contribution in [0.25, 0.3) is 10.6 Å². The van der Waals surface area contributed by atoms with E-state index in [1.54, 1.807) is 23.3 Å². The largest absolute Gasteiger partial charge is 0.481 e. The van der Waals surface area contributed by atoms with Crippen LogP contribution in [0.1, 0.15) is 23.8 Å². The van der Waals surface area contributed by atoms with Gasteiger partial charge in [0.15, 0.2) is 0 Å². The quantitative estimate of drug-likeness (QED) is 0.921. The van der Waals surface area contributed by atoms with E-state index in [1.807, 2.05) is 18.2 Å². The third kappa shape index (κ3) is 2.96. The Hall–Kier alpha value is -1.92. The van der Waals surface area contributed by atoms with Crippen molar-refractivity contribution in [3.8, 4) is 10.6 Å². The summed E-state index contributed by atoms with van der Waals surface area (Å²) in [7, 11) is 0. The molecule has 2 heterocycles. The number of carboxylic acids is 1. The topological polar surface area (TPSA) is 70.5 Å². The first kappa shape index (κ1) is 16.0. The van der Waals surface area contributed by atoms with Crippen molar-refractivity contribution in [3.63, 3.8) is 0 Å². The third-order valence-corrected chi connectivity index (χ3v) is 5.31. The molecule has 0 saturated carbocycles. The monoisotopic (exact) mass is 350 g/mol. The van der Waals surface area contributed by atoms with Crippen molar-refractivity contribution in [2.45, 2.75) is 13.3 Å². The maximum atomic E-state index is 12.5. The van der Waals surface area contributed by atoms with E-state index in [2.05, 4.69) is 4.98 Å². The highest BCUT2D eigenvalue weighted by molar-refractivity contribution is 7.13. The number of aliphatic carboxylic acids is 1. The lowest BCUT2D eigenvalue weighted by Crippen LogP contribution is -2.35.